The summed E-state index contributed by atoms with van der Waals surface area (Å²) in [5.41, 5.74) is 1.58. The van der Waals surface area contributed by atoms with E-state index in [9.17, 15) is 14.4 Å². The maximum atomic E-state index is 12.7. The SMILES string of the molecule is C[C@H]1[C@H](C)CCC[C@@H]1NC(=O)c1ccc(CN2CC(=O)N3CCC[C@H]3C2=O)cc1. The number of carbonyl (C=O) groups excluding carboxylic acids is 3. The first-order chi connectivity index (χ1) is 13.9. The van der Waals surface area contributed by atoms with Crippen LogP contribution in [0.2, 0.25) is 0 Å². The third-order valence-corrected chi connectivity index (χ3v) is 7.11. The lowest BCUT2D eigenvalue weighted by Crippen LogP contribution is -2.56. The second kappa shape index (κ2) is 8.17. The minimum Gasteiger partial charge on any atom is -0.349 e. The second-order valence-electron chi connectivity index (χ2n) is 8.98. The lowest BCUT2D eigenvalue weighted by atomic mass is 9.78. The number of carbonyl (C=O) groups is 3. The number of hydrogen-bond donors (Lipinski definition) is 1. The monoisotopic (exact) mass is 397 g/mol. The van der Waals surface area contributed by atoms with Crippen LogP contribution in [0.4, 0.5) is 0 Å². The third-order valence-electron chi connectivity index (χ3n) is 7.11. The Hall–Kier alpha value is -2.37. The normalized spacial score (nSPS) is 29.7. The van der Waals surface area contributed by atoms with Gasteiger partial charge in [-0.15, -0.1) is 0 Å². The highest BCUT2D eigenvalue weighted by atomic mass is 16.2. The quantitative estimate of drug-likeness (QED) is 0.849. The first-order valence-corrected chi connectivity index (χ1v) is 10.9. The van der Waals surface area contributed by atoms with E-state index in [0.29, 0.717) is 30.5 Å². The van der Waals surface area contributed by atoms with Gasteiger partial charge in [-0.05, 0) is 48.8 Å². The lowest BCUT2D eigenvalue weighted by Gasteiger charge is -2.36. The van der Waals surface area contributed by atoms with Gasteiger partial charge in [0.2, 0.25) is 11.8 Å². The molecule has 1 N–H and O–H groups in total. The molecular weight excluding hydrogens is 366 g/mol. The number of piperazine rings is 1. The van der Waals surface area contributed by atoms with Gasteiger partial charge < -0.3 is 15.1 Å². The van der Waals surface area contributed by atoms with E-state index in [0.717, 1.165) is 31.2 Å². The van der Waals surface area contributed by atoms with Gasteiger partial charge in [-0.25, -0.2) is 0 Å². The predicted octanol–water partition coefficient (Wildman–Crippen LogP) is 2.57. The molecule has 1 saturated carbocycles. The van der Waals surface area contributed by atoms with Crippen LogP contribution in [0.15, 0.2) is 24.3 Å². The van der Waals surface area contributed by atoms with Gasteiger partial charge in [0.1, 0.15) is 12.6 Å². The van der Waals surface area contributed by atoms with Gasteiger partial charge in [0.15, 0.2) is 0 Å². The molecule has 0 spiro atoms. The van der Waals surface area contributed by atoms with E-state index in [1.165, 1.54) is 6.42 Å². The molecular formula is C23H31N3O3. The highest BCUT2D eigenvalue weighted by Crippen LogP contribution is 2.29. The van der Waals surface area contributed by atoms with E-state index >= 15 is 0 Å². The molecule has 2 saturated heterocycles. The summed E-state index contributed by atoms with van der Waals surface area (Å²) in [6.45, 7) is 5.74. The van der Waals surface area contributed by atoms with Gasteiger partial charge in [-0.2, -0.15) is 0 Å². The average Bonchev–Trinajstić information content (AvgIpc) is 3.21. The van der Waals surface area contributed by atoms with E-state index < -0.39 is 0 Å². The van der Waals surface area contributed by atoms with Crippen molar-refractivity contribution in [3.63, 3.8) is 0 Å². The van der Waals surface area contributed by atoms with E-state index in [1.54, 1.807) is 9.80 Å². The minimum atomic E-state index is -0.277. The van der Waals surface area contributed by atoms with E-state index in [-0.39, 0.29) is 36.3 Å². The van der Waals surface area contributed by atoms with Crippen LogP contribution >= 0.6 is 0 Å². The van der Waals surface area contributed by atoms with Crippen molar-refractivity contribution in [3.05, 3.63) is 35.4 Å². The van der Waals surface area contributed by atoms with Crippen molar-refractivity contribution in [1.29, 1.82) is 0 Å². The second-order valence-corrected chi connectivity index (χ2v) is 8.98. The summed E-state index contributed by atoms with van der Waals surface area (Å²) in [6.07, 6.45) is 5.10. The van der Waals surface area contributed by atoms with Crippen molar-refractivity contribution in [3.8, 4) is 0 Å². The number of fused-ring (bicyclic) bond motifs is 1. The summed E-state index contributed by atoms with van der Waals surface area (Å²) in [5, 5.41) is 3.20. The van der Waals surface area contributed by atoms with Crippen molar-refractivity contribution < 1.29 is 14.4 Å². The zero-order chi connectivity index (χ0) is 20.5. The molecule has 3 amide bonds. The van der Waals surface area contributed by atoms with Gasteiger partial charge in [-0.1, -0.05) is 38.8 Å². The van der Waals surface area contributed by atoms with Crippen molar-refractivity contribution in [2.45, 2.75) is 64.6 Å². The maximum Gasteiger partial charge on any atom is 0.251 e. The van der Waals surface area contributed by atoms with E-state index in [2.05, 4.69) is 19.2 Å². The Bertz CT molecular complexity index is 791. The molecule has 0 radical (unpaired) electrons. The summed E-state index contributed by atoms with van der Waals surface area (Å²) < 4.78 is 0. The standard InChI is InChI=1S/C23H31N3O3/c1-15-5-3-6-19(16(15)2)24-22(28)18-10-8-17(9-11-18)13-25-14-21(27)26-12-4-7-20(26)23(25)29/h8-11,15-16,19-20H,3-7,12-14H2,1-2H3,(H,24,28)/t15-,16+,19+,20+/m1/s1. The Morgan fingerprint density at radius 1 is 1.07 bits per heavy atom. The Morgan fingerprint density at radius 2 is 1.83 bits per heavy atom. The van der Waals surface area contributed by atoms with Crippen LogP contribution in [-0.4, -0.2) is 52.7 Å². The van der Waals surface area contributed by atoms with Crippen LogP contribution in [-0.2, 0) is 16.1 Å². The predicted molar refractivity (Wildman–Crippen MR) is 110 cm³/mol. The molecule has 1 aliphatic carbocycles. The fourth-order valence-electron chi connectivity index (χ4n) is 5.02. The summed E-state index contributed by atoms with van der Waals surface area (Å²) in [6, 6.07) is 7.37. The van der Waals surface area contributed by atoms with Crippen molar-refractivity contribution in [1.82, 2.24) is 15.1 Å². The highest BCUT2D eigenvalue weighted by molar-refractivity contribution is 5.95. The van der Waals surface area contributed by atoms with Crippen LogP contribution in [0.5, 0.6) is 0 Å². The Morgan fingerprint density at radius 3 is 2.59 bits per heavy atom. The molecule has 3 fully saturated rings. The van der Waals surface area contributed by atoms with Crippen molar-refractivity contribution >= 4 is 17.7 Å². The molecule has 4 rings (SSSR count). The van der Waals surface area contributed by atoms with E-state index in [1.807, 2.05) is 24.3 Å². The summed E-state index contributed by atoms with van der Waals surface area (Å²) >= 11 is 0. The van der Waals surface area contributed by atoms with Crippen molar-refractivity contribution in [2.75, 3.05) is 13.1 Å². The number of hydrogen-bond acceptors (Lipinski definition) is 3. The smallest absolute Gasteiger partial charge is 0.251 e. The Balaban J connectivity index is 1.37. The van der Waals surface area contributed by atoms with Gasteiger partial charge in [0.05, 0.1) is 0 Å². The van der Waals surface area contributed by atoms with Crippen LogP contribution in [0.25, 0.3) is 0 Å². The van der Waals surface area contributed by atoms with Crippen molar-refractivity contribution in [2.24, 2.45) is 11.8 Å². The molecule has 0 bridgehead atoms. The largest absolute Gasteiger partial charge is 0.349 e. The fourth-order valence-corrected chi connectivity index (χ4v) is 5.02. The van der Waals surface area contributed by atoms with Crippen LogP contribution in [0.1, 0.15) is 61.9 Å². The molecule has 1 aromatic carbocycles. The third kappa shape index (κ3) is 4.02. The van der Waals surface area contributed by atoms with Gasteiger partial charge >= 0.3 is 0 Å². The zero-order valence-electron chi connectivity index (χ0n) is 17.4. The molecule has 6 heteroatoms. The highest BCUT2D eigenvalue weighted by Gasteiger charge is 2.41. The van der Waals surface area contributed by atoms with Gasteiger partial charge in [0, 0.05) is 24.7 Å². The molecule has 0 aromatic heterocycles. The molecule has 4 atom stereocenters. The molecule has 2 aliphatic heterocycles. The summed E-state index contributed by atoms with van der Waals surface area (Å²) in [5.74, 6) is 1.18. The molecule has 6 nitrogen and oxygen atoms in total. The Kier molecular flexibility index (Phi) is 5.61. The molecule has 3 aliphatic rings. The van der Waals surface area contributed by atoms with Gasteiger partial charge in [0.25, 0.3) is 5.91 Å². The number of amides is 3. The van der Waals surface area contributed by atoms with Crippen LogP contribution in [0.3, 0.4) is 0 Å². The molecule has 29 heavy (non-hydrogen) atoms. The minimum absolute atomic E-state index is 0.0340. The first kappa shape index (κ1) is 19.9. The number of benzene rings is 1. The Labute approximate surface area is 172 Å². The molecule has 1 aromatic rings. The van der Waals surface area contributed by atoms with Crippen LogP contribution < -0.4 is 5.32 Å². The zero-order valence-corrected chi connectivity index (χ0v) is 17.4. The fraction of sp³-hybridized carbons (Fsp3) is 0.609. The molecule has 2 heterocycles. The lowest BCUT2D eigenvalue weighted by molar-refractivity contribution is -0.154. The number of nitrogens with one attached hydrogen (secondary N) is 1. The van der Waals surface area contributed by atoms with Crippen LogP contribution in [0, 0.1) is 11.8 Å². The van der Waals surface area contributed by atoms with Gasteiger partial charge in [-0.3, -0.25) is 14.4 Å². The molecule has 156 valence electrons. The maximum absolute atomic E-state index is 12.7. The average molecular weight is 398 g/mol. The van der Waals surface area contributed by atoms with E-state index in [4.69, 9.17) is 0 Å². The topological polar surface area (TPSA) is 69.7 Å². The number of nitrogens with zero attached hydrogens (tertiary/aromatic N) is 2. The first-order valence-electron chi connectivity index (χ1n) is 10.9. The number of rotatable bonds is 4. The summed E-state index contributed by atoms with van der Waals surface area (Å²) in [4.78, 5) is 41.0. The summed E-state index contributed by atoms with van der Waals surface area (Å²) in [7, 11) is 0. The molecule has 0 unspecified atom stereocenters.